The summed E-state index contributed by atoms with van der Waals surface area (Å²) in [6.07, 6.45) is 4.18. The van der Waals surface area contributed by atoms with Gasteiger partial charge in [0.2, 0.25) is 0 Å². The average Bonchev–Trinajstić information content (AvgIpc) is 3.22. The Labute approximate surface area is 144 Å². The first kappa shape index (κ1) is 17.1. The number of aromatic nitrogens is 3. The van der Waals surface area contributed by atoms with Gasteiger partial charge in [-0.25, -0.2) is 0 Å². The molecule has 0 atom stereocenters. The van der Waals surface area contributed by atoms with Crippen LogP contribution in [0.25, 0.3) is 0 Å². The van der Waals surface area contributed by atoms with Gasteiger partial charge >= 0.3 is 5.69 Å². The van der Waals surface area contributed by atoms with Gasteiger partial charge in [0.1, 0.15) is 17.1 Å². The van der Waals surface area contributed by atoms with Gasteiger partial charge in [0.05, 0.1) is 11.5 Å². The van der Waals surface area contributed by atoms with Gasteiger partial charge in [0, 0.05) is 11.6 Å². The van der Waals surface area contributed by atoms with Crippen molar-refractivity contribution in [2.75, 3.05) is 0 Å². The molecular formula is C16H21N5O4. The number of carbonyl (C=O) groups is 1. The number of rotatable bonds is 5. The van der Waals surface area contributed by atoms with Gasteiger partial charge in [-0.3, -0.25) is 19.6 Å². The third-order valence-electron chi connectivity index (χ3n) is 4.72. The molecule has 0 unspecified atom stereocenters. The summed E-state index contributed by atoms with van der Waals surface area (Å²) < 4.78 is 6.71. The monoisotopic (exact) mass is 347 g/mol. The molecule has 1 amide bonds. The van der Waals surface area contributed by atoms with E-state index in [-0.39, 0.29) is 29.9 Å². The quantitative estimate of drug-likeness (QED) is 0.656. The summed E-state index contributed by atoms with van der Waals surface area (Å²) in [5.41, 5.74) is 1.58. The number of carbonyl (C=O) groups excluding carboxylic acids is 1. The molecule has 2 aromatic heterocycles. The van der Waals surface area contributed by atoms with Crippen LogP contribution in [0.4, 0.5) is 5.69 Å². The number of aryl methyl sites for hydroxylation is 2. The molecule has 25 heavy (non-hydrogen) atoms. The molecule has 134 valence electrons. The van der Waals surface area contributed by atoms with E-state index >= 15 is 0 Å². The minimum absolute atomic E-state index is 0.00827. The van der Waals surface area contributed by atoms with Crippen molar-refractivity contribution < 1.29 is 14.2 Å². The Morgan fingerprint density at radius 3 is 2.64 bits per heavy atom. The van der Waals surface area contributed by atoms with Crippen LogP contribution in [-0.2, 0) is 6.54 Å². The fourth-order valence-electron chi connectivity index (χ4n) is 3.34. The second-order valence-corrected chi connectivity index (χ2v) is 6.45. The third-order valence-corrected chi connectivity index (χ3v) is 4.72. The summed E-state index contributed by atoms with van der Waals surface area (Å²) >= 11 is 0. The maximum absolute atomic E-state index is 12.5. The summed E-state index contributed by atoms with van der Waals surface area (Å²) in [7, 11) is 0. The number of nitrogens with one attached hydrogen (secondary N) is 1. The van der Waals surface area contributed by atoms with Crippen LogP contribution in [0.15, 0.2) is 4.52 Å². The fourth-order valence-corrected chi connectivity index (χ4v) is 3.34. The lowest BCUT2D eigenvalue weighted by atomic mass is 10.1. The molecule has 1 saturated carbocycles. The van der Waals surface area contributed by atoms with Gasteiger partial charge < -0.3 is 9.84 Å². The molecule has 2 heterocycles. The van der Waals surface area contributed by atoms with Crippen molar-refractivity contribution in [3.8, 4) is 0 Å². The van der Waals surface area contributed by atoms with Gasteiger partial charge in [0.15, 0.2) is 5.69 Å². The Morgan fingerprint density at radius 2 is 2.04 bits per heavy atom. The van der Waals surface area contributed by atoms with E-state index in [0.29, 0.717) is 22.7 Å². The Balaban J connectivity index is 1.86. The third kappa shape index (κ3) is 3.26. The molecule has 1 N–H and O–H groups in total. The molecule has 3 rings (SSSR count). The van der Waals surface area contributed by atoms with Crippen molar-refractivity contribution >= 4 is 11.6 Å². The van der Waals surface area contributed by atoms with Crippen molar-refractivity contribution in [2.45, 2.75) is 59.0 Å². The van der Waals surface area contributed by atoms with E-state index in [4.69, 9.17) is 4.52 Å². The summed E-state index contributed by atoms with van der Waals surface area (Å²) in [5.74, 6) is 0.238. The summed E-state index contributed by atoms with van der Waals surface area (Å²) in [6.45, 7) is 5.15. The van der Waals surface area contributed by atoms with Gasteiger partial charge in [-0.05, 0) is 33.6 Å². The summed E-state index contributed by atoms with van der Waals surface area (Å²) in [6, 6.07) is 0.173. The fraction of sp³-hybridized carbons (Fsp3) is 0.562. The number of nitrogens with zero attached hydrogens (tertiary/aromatic N) is 4. The van der Waals surface area contributed by atoms with Crippen molar-refractivity contribution in [3.05, 3.63) is 38.5 Å². The second-order valence-electron chi connectivity index (χ2n) is 6.45. The van der Waals surface area contributed by atoms with Crippen LogP contribution in [0.3, 0.4) is 0 Å². The number of hydrogen-bond acceptors (Lipinski definition) is 6. The van der Waals surface area contributed by atoms with Crippen LogP contribution < -0.4 is 5.32 Å². The molecule has 0 aromatic carbocycles. The standard InChI is InChI=1S/C16H21N5O4/c1-9-15(21(23)24)10(2)20(18-9)8-13-11(3)25-19-14(13)16(22)17-12-6-4-5-7-12/h12H,4-8H2,1-3H3,(H,17,22). The van der Waals surface area contributed by atoms with Crippen LogP contribution >= 0.6 is 0 Å². The zero-order valence-corrected chi connectivity index (χ0v) is 14.5. The van der Waals surface area contributed by atoms with E-state index in [0.717, 1.165) is 25.7 Å². The summed E-state index contributed by atoms with van der Waals surface area (Å²) in [5, 5.41) is 22.2. The molecule has 1 aliphatic rings. The van der Waals surface area contributed by atoms with E-state index in [1.807, 2.05) is 0 Å². The largest absolute Gasteiger partial charge is 0.361 e. The first-order valence-corrected chi connectivity index (χ1v) is 8.33. The first-order valence-electron chi connectivity index (χ1n) is 8.33. The second kappa shape index (κ2) is 6.66. The molecule has 2 aromatic rings. The van der Waals surface area contributed by atoms with Crippen molar-refractivity contribution in [1.82, 2.24) is 20.3 Å². The molecule has 9 nitrogen and oxygen atoms in total. The highest BCUT2D eigenvalue weighted by Crippen LogP contribution is 2.24. The zero-order chi connectivity index (χ0) is 18.1. The Hall–Kier alpha value is -2.71. The zero-order valence-electron chi connectivity index (χ0n) is 14.5. The lowest BCUT2D eigenvalue weighted by Crippen LogP contribution is -2.33. The molecule has 0 radical (unpaired) electrons. The molecule has 1 aliphatic carbocycles. The van der Waals surface area contributed by atoms with E-state index in [2.05, 4.69) is 15.6 Å². The van der Waals surface area contributed by atoms with Gasteiger partial charge in [0.25, 0.3) is 5.91 Å². The van der Waals surface area contributed by atoms with Crippen LogP contribution in [0.2, 0.25) is 0 Å². The minimum atomic E-state index is -0.442. The molecule has 0 bridgehead atoms. The van der Waals surface area contributed by atoms with Crippen LogP contribution in [0, 0.1) is 30.9 Å². The van der Waals surface area contributed by atoms with Crippen molar-refractivity contribution in [1.29, 1.82) is 0 Å². The SMILES string of the molecule is Cc1nn(Cc2c(C(=O)NC3CCCC3)noc2C)c(C)c1[N+](=O)[O-]. The van der Waals surface area contributed by atoms with Crippen LogP contribution in [-0.4, -0.2) is 31.8 Å². The molecule has 0 spiro atoms. The smallest absolute Gasteiger partial charge is 0.312 e. The average molecular weight is 347 g/mol. The number of nitro groups is 1. The predicted octanol–water partition coefficient (Wildman–Crippen LogP) is 2.43. The maximum atomic E-state index is 12.5. The Morgan fingerprint density at radius 1 is 1.36 bits per heavy atom. The first-order chi connectivity index (χ1) is 11.9. The predicted molar refractivity (Wildman–Crippen MR) is 88.4 cm³/mol. The van der Waals surface area contributed by atoms with Crippen LogP contribution in [0.1, 0.15) is 58.9 Å². The number of hydrogen-bond donors (Lipinski definition) is 1. The van der Waals surface area contributed by atoms with E-state index < -0.39 is 4.92 Å². The van der Waals surface area contributed by atoms with Crippen LogP contribution in [0.5, 0.6) is 0 Å². The molecule has 0 aliphatic heterocycles. The molecule has 9 heteroatoms. The lowest BCUT2D eigenvalue weighted by molar-refractivity contribution is -0.386. The molecular weight excluding hydrogens is 326 g/mol. The van der Waals surface area contributed by atoms with E-state index in [1.165, 1.54) is 4.68 Å². The molecule has 1 fully saturated rings. The van der Waals surface area contributed by atoms with Gasteiger partial charge in [-0.1, -0.05) is 18.0 Å². The van der Waals surface area contributed by atoms with Crippen molar-refractivity contribution in [2.24, 2.45) is 0 Å². The Kier molecular flexibility index (Phi) is 4.56. The van der Waals surface area contributed by atoms with Gasteiger partial charge in [-0.2, -0.15) is 5.10 Å². The lowest BCUT2D eigenvalue weighted by Gasteiger charge is -2.11. The molecule has 0 saturated heterocycles. The summed E-state index contributed by atoms with van der Waals surface area (Å²) in [4.78, 5) is 23.2. The highest BCUT2D eigenvalue weighted by Gasteiger charge is 2.27. The minimum Gasteiger partial charge on any atom is -0.361 e. The van der Waals surface area contributed by atoms with Crippen molar-refractivity contribution in [3.63, 3.8) is 0 Å². The highest BCUT2D eigenvalue weighted by molar-refractivity contribution is 5.94. The highest BCUT2D eigenvalue weighted by atomic mass is 16.6. The Bertz CT molecular complexity index is 817. The van der Waals surface area contributed by atoms with E-state index in [1.54, 1.807) is 20.8 Å². The maximum Gasteiger partial charge on any atom is 0.312 e. The topological polar surface area (TPSA) is 116 Å². The van der Waals surface area contributed by atoms with Gasteiger partial charge in [-0.15, -0.1) is 0 Å². The number of amides is 1. The van der Waals surface area contributed by atoms with E-state index in [9.17, 15) is 14.9 Å². The normalized spacial score (nSPS) is 14.8.